The van der Waals surface area contributed by atoms with Gasteiger partial charge in [-0.1, -0.05) is 28.1 Å². The first kappa shape index (κ1) is 16.9. The van der Waals surface area contributed by atoms with Gasteiger partial charge in [-0.25, -0.2) is 0 Å². The van der Waals surface area contributed by atoms with Crippen LogP contribution >= 0.6 is 15.9 Å². The van der Waals surface area contributed by atoms with Crippen LogP contribution in [0, 0.1) is 5.92 Å². The molecule has 118 valence electrons. The van der Waals surface area contributed by atoms with Crippen molar-refractivity contribution in [1.82, 2.24) is 9.03 Å². The lowest BCUT2D eigenvalue weighted by Crippen LogP contribution is -2.47. The summed E-state index contributed by atoms with van der Waals surface area (Å²) >= 11 is 3.39. The maximum absolute atomic E-state index is 12.4. The van der Waals surface area contributed by atoms with E-state index in [1.165, 1.54) is 4.31 Å². The maximum atomic E-state index is 12.4. The van der Waals surface area contributed by atoms with Gasteiger partial charge < -0.3 is 5.11 Å². The lowest BCUT2D eigenvalue weighted by atomic mass is 10.0. The largest absolute Gasteiger partial charge is 0.396 e. The molecule has 1 heterocycles. The Hall–Kier alpha value is -0.470. The van der Waals surface area contributed by atoms with Gasteiger partial charge in [0.25, 0.3) is 10.2 Å². The van der Waals surface area contributed by atoms with Crippen molar-refractivity contribution in [3.05, 3.63) is 34.3 Å². The first-order chi connectivity index (χ1) is 9.92. The summed E-state index contributed by atoms with van der Waals surface area (Å²) in [6.07, 6.45) is 1.67. The van der Waals surface area contributed by atoms with Gasteiger partial charge in [0.15, 0.2) is 0 Å². The van der Waals surface area contributed by atoms with E-state index in [-0.39, 0.29) is 18.6 Å². The van der Waals surface area contributed by atoms with Crippen LogP contribution in [0.1, 0.15) is 31.4 Å². The number of piperidine rings is 1. The minimum absolute atomic E-state index is 0.0349. The zero-order chi connectivity index (χ0) is 15.5. The molecule has 1 fully saturated rings. The summed E-state index contributed by atoms with van der Waals surface area (Å²) in [5, 5.41) is 9.22. The van der Waals surface area contributed by atoms with Crippen LogP contribution in [0.4, 0.5) is 0 Å². The van der Waals surface area contributed by atoms with Crippen LogP contribution in [0.15, 0.2) is 28.7 Å². The molecule has 0 aromatic heterocycles. The van der Waals surface area contributed by atoms with Crippen LogP contribution in [-0.4, -0.2) is 37.5 Å². The first-order valence-corrected chi connectivity index (χ1v) is 9.29. The van der Waals surface area contributed by atoms with Crippen molar-refractivity contribution < 1.29 is 13.5 Å². The Morgan fingerprint density at radius 3 is 2.95 bits per heavy atom. The number of hydrogen-bond donors (Lipinski definition) is 2. The van der Waals surface area contributed by atoms with E-state index < -0.39 is 10.2 Å². The number of aliphatic hydroxyl groups excluding tert-OH is 1. The summed E-state index contributed by atoms with van der Waals surface area (Å²) < 4.78 is 29.9. The second kappa shape index (κ2) is 7.19. The van der Waals surface area contributed by atoms with E-state index in [0.717, 1.165) is 22.9 Å². The predicted molar refractivity (Wildman–Crippen MR) is 86.0 cm³/mol. The van der Waals surface area contributed by atoms with Crippen molar-refractivity contribution in [3.8, 4) is 0 Å². The molecule has 0 radical (unpaired) electrons. The number of nitrogens with one attached hydrogen (secondary N) is 1. The topological polar surface area (TPSA) is 69.6 Å². The van der Waals surface area contributed by atoms with Crippen molar-refractivity contribution in [1.29, 1.82) is 0 Å². The highest BCUT2D eigenvalue weighted by molar-refractivity contribution is 9.10. The molecule has 0 amide bonds. The lowest BCUT2D eigenvalue weighted by molar-refractivity contribution is 0.164. The van der Waals surface area contributed by atoms with Gasteiger partial charge in [-0.15, -0.1) is 0 Å². The highest BCUT2D eigenvalue weighted by Gasteiger charge is 2.29. The van der Waals surface area contributed by atoms with Crippen LogP contribution in [0.3, 0.4) is 0 Å². The van der Waals surface area contributed by atoms with E-state index in [0.29, 0.717) is 13.1 Å². The van der Waals surface area contributed by atoms with Crippen LogP contribution in [-0.2, 0) is 10.2 Å². The highest BCUT2D eigenvalue weighted by atomic mass is 79.9. The molecule has 1 aromatic rings. The first-order valence-electron chi connectivity index (χ1n) is 7.06. The second-order valence-corrected chi connectivity index (χ2v) is 8.07. The van der Waals surface area contributed by atoms with Gasteiger partial charge in [-0.05, 0) is 43.4 Å². The molecule has 0 bridgehead atoms. The van der Waals surface area contributed by atoms with Crippen LogP contribution in [0.2, 0.25) is 0 Å². The van der Waals surface area contributed by atoms with E-state index in [1.807, 2.05) is 31.2 Å². The van der Waals surface area contributed by atoms with E-state index in [1.54, 1.807) is 0 Å². The molecule has 1 aromatic carbocycles. The molecule has 1 aliphatic rings. The fourth-order valence-corrected chi connectivity index (χ4v) is 4.46. The number of benzene rings is 1. The Morgan fingerprint density at radius 2 is 2.29 bits per heavy atom. The molecule has 21 heavy (non-hydrogen) atoms. The molecule has 0 aliphatic carbocycles. The summed E-state index contributed by atoms with van der Waals surface area (Å²) in [5.74, 6) is 0.0384. The normalized spacial score (nSPS) is 22.1. The lowest BCUT2D eigenvalue weighted by Gasteiger charge is -2.32. The van der Waals surface area contributed by atoms with Gasteiger partial charge in [0.2, 0.25) is 0 Å². The van der Waals surface area contributed by atoms with E-state index in [2.05, 4.69) is 20.7 Å². The van der Waals surface area contributed by atoms with Gasteiger partial charge in [0.1, 0.15) is 0 Å². The minimum atomic E-state index is -3.53. The average molecular weight is 377 g/mol. The number of rotatable bonds is 5. The van der Waals surface area contributed by atoms with Crippen molar-refractivity contribution in [2.24, 2.45) is 5.92 Å². The molecule has 2 atom stereocenters. The molecule has 1 saturated heterocycles. The number of halogens is 1. The molecule has 2 rings (SSSR count). The van der Waals surface area contributed by atoms with Gasteiger partial charge >= 0.3 is 0 Å². The summed E-state index contributed by atoms with van der Waals surface area (Å²) in [6.45, 7) is 2.76. The summed E-state index contributed by atoms with van der Waals surface area (Å²) in [4.78, 5) is 0. The van der Waals surface area contributed by atoms with E-state index in [9.17, 15) is 13.5 Å². The highest BCUT2D eigenvalue weighted by Crippen LogP contribution is 2.22. The SMILES string of the molecule is CC(NS(=O)(=O)N1CCCC(CO)C1)c1cccc(Br)c1. The number of hydrogen-bond acceptors (Lipinski definition) is 3. The maximum Gasteiger partial charge on any atom is 0.280 e. The molecular formula is C14H21BrN2O3S. The summed E-state index contributed by atoms with van der Waals surface area (Å²) in [6, 6.07) is 7.28. The molecule has 5 nitrogen and oxygen atoms in total. The third-order valence-electron chi connectivity index (χ3n) is 3.75. The van der Waals surface area contributed by atoms with Crippen LogP contribution in [0.25, 0.3) is 0 Å². The Labute approximate surface area is 134 Å². The quantitative estimate of drug-likeness (QED) is 0.825. The fraction of sp³-hybridized carbons (Fsp3) is 0.571. The van der Waals surface area contributed by atoms with Gasteiger partial charge in [-0.2, -0.15) is 17.4 Å². The monoisotopic (exact) mass is 376 g/mol. The third-order valence-corrected chi connectivity index (χ3v) is 5.91. The summed E-state index contributed by atoms with van der Waals surface area (Å²) in [7, 11) is -3.53. The van der Waals surface area contributed by atoms with Crippen molar-refractivity contribution >= 4 is 26.1 Å². The molecule has 2 unspecified atom stereocenters. The van der Waals surface area contributed by atoms with Crippen LogP contribution in [0.5, 0.6) is 0 Å². The molecule has 0 saturated carbocycles. The predicted octanol–water partition coefficient (Wildman–Crippen LogP) is 2.05. The zero-order valence-electron chi connectivity index (χ0n) is 12.0. The van der Waals surface area contributed by atoms with Gasteiger partial charge in [-0.3, -0.25) is 0 Å². The zero-order valence-corrected chi connectivity index (χ0v) is 14.4. The summed E-state index contributed by atoms with van der Waals surface area (Å²) in [5.41, 5.74) is 0.906. The third kappa shape index (κ3) is 4.50. The molecule has 7 heteroatoms. The Kier molecular flexibility index (Phi) is 5.79. The molecule has 0 spiro atoms. The van der Waals surface area contributed by atoms with Crippen molar-refractivity contribution in [3.63, 3.8) is 0 Å². The Morgan fingerprint density at radius 1 is 1.52 bits per heavy atom. The number of aliphatic hydroxyl groups is 1. The van der Waals surface area contributed by atoms with E-state index >= 15 is 0 Å². The van der Waals surface area contributed by atoms with Gasteiger partial charge in [0, 0.05) is 30.2 Å². The average Bonchev–Trinajstić information content (AvgIpc) is 2.47. The molecule has 2 N–H and O–H groups in total. The number of nitrogens with zero attached hydrogens (tertiary/aromatic N) is 1. The van der Waals surface area contributed by atoms with Crippen LogP contribution < -0.4 is 4.72 Å². The standard InChI is InChI=1S/C14H21BrN2O3S/c1-11(13-5-2-6-14(15)8-13)16-21(19,20)17-7-3-4-12(9-17)10-18/h2,5-6,8,11-12,16,18H,3-4,7,9-10H2,1H3. The molecule has 1 aliphatic heterocycles. The Balaban J connectivity index is 2.06. The second-order valence-electron chi connectivity index (χ2n) is 5.45. The fourth-order valence-electron chi connectivity index (χ4n) is 2.54. The smallest absolute Gasteiger partial charge is 0.280 e. The van der Waals surface area contributed by atoms with E-state index in [4.69, 9.17) is 0 Å². The minimum Gasteiger partial charge on any atom is -0.396 e. The molecular weight excluding hydrogens is 356 g/mol. The Bertz CT molecular complexity index is 579. The van der Waals surface area contributed by atoms with Crippen molar-refractivity contribution in [2.75, 3.05) is 19.7 Å². The van der Waals surface area contributed by atoms with Crippen molar-refractivity contribution in [2.45, 2.75) is 25.8 Å². The van der Waals surface area contributed by atoms with Gasteiger partial charge in [0.05, 0.1) is 0 Å².